The standard InChI is InChI=1S/C27H26ClN5O4S/c1-37-24-16-20(27(34)33-14-12-32(13-15-33)18-21-9-11-29-17-22(21)28)7-8-23(24)31-38(35,36)25-6-2-4-19-5-3-10-30-26(19)25/h2-11,16-17,31H,12-15,18H2,1H3. The molecular formula is C27H26ClN5O4S. The molecule has 0 bridgehead atoms. The molecule has 0 aliphatic carbocycles. The van der Waals surface area contributed by atoms with E-state index in [0.717, 1.165) is 5.56 Å². The van der Waals surface area contributed by atoms with Crippen molar-refractivity contribution < 1.29 is 17.9 Å². The fourth-order valence-corrected chi connectivity index (χ4v) is 5.90. The van der Waals surface area contributed by atoms with Gasteiger partial charge < -0.3 is 9.64 Å². The van der Waals surface area contributed by atoms with Crippen LogP contribution in [-0.4, -0.2) is 67.4 Å². The van der Waals surface area contributed by atoms with E-state index in [9.17, 15) is 13.2 Å². The van der Waals surface area contributed by atoms with Gasteiger partial charge in [-0.25, -0.2) is 8.42 Å². The highest BCUT2D eigenvalue weighted by Crippen LogP contribution is 2.30. The van der Waals surface area contributed by atoms with Gasteiger partial charge in [0.25, 0.3) is 15.9 Å². The number of sulfonamides is 1. The van der Waals surface area contributed by atoms with Crippen LogP contribution in [0.5, 0.6) is 5.75 Å². The maximum Gasteiger partial charge on any atom is 0.264 e. The molecule has 38 heavy (non-hydrogen) atoms. The van der Waals surface area contributed by atoms with Gasteiger partial charge in [-0.05, 0) is 42.0 Å². The molecule has 2 aromatic carbocycles. The molecule has 9 nitrogen and oxygen atoms in total. The number of benzene rings is 2. The number of pyridine rings is 2. The molecule has 1 aliphatic rings. The Hall–Kier alpha value is -3.73. The Labute approximate surface area is 226 Å². The molecule has 0 saturated carbocycles. The minimum atomic E-state index is -3.97. The third-order valence-corrected chi connectivity index (χ3v) is 8.23. The molecule has 0 atom stereocenters. The van der Waals surface area contributed by atoms with Crippen molar-refractivity contribution in [1.29, 1.82) is 0 Å². The second-order valence-electron chi connectivity index (χ2n) is 8.89. The fraction of sp³-hybridized carbons (Fsp3) is 0.222. The number of carbonyl (C=O) groups excluding carboxylic acids is 1. The highest BCUT2D eigenvalue weighted by atomic mass is 35.5. The lowest BCUT2D eigenvalue weighted by Gasteiger charge is -2.35. The predicted molar refractivity (Wildman–Crippen MR) is 146 cm³/mol. The summed E-state index contributed by atoms with van der Waals surface area (Å²) in [5, 5.41) is 1.35. The molecule has 1 fully saturated rings. The average Bonchev–Trinajstić information content (AvgIpc) is 2.94. The zero-order valence-corrected chi connectivity index (χ0v) is 22.2. The van der Waals surface area contributed by atoms with Gasteiger partial charge in [0.05, 0.1) is 23.3 Å². The molecule has 4 aromatic rings. The lowest BCUT2D eigenvalue weighted by Crippen LogP contribution is -2.48. The number of piperazine rings is 1. The Morgan fingerprint density at radius 3 is 2.61 bits per heavy atom. The molecule has 3 heterocycles. The number of hydrogen-bond acceptors (Lipinski definition) is 7. The zero-order valence-electron chi connectivity index (χ0n) is 20.7. The highest BCUT2D eigenvalue weighted by molar-refractivity contribution is 7.93. The van der Waals surface area contributed by atoms with Crippen LogP contribution in [-0.2, 0) is 16.6 Å². The Kier molecular flexibility index (Phi) is 7.46. The monoisotopic (exact) mass is 551 g/mol. The lowest BCUT2D eigenvalue weighted by molar-refractivity contribution is 0.0628. The zero-order chi connectivity index (χ0) is 26.7. The average molecular weight is 552 g/mol. The number of methoxy groups -OCH3 is 1. The molecule has 0 unspecified atom stereocenters. The third kappa shape index (κ3) is 5.42. The topological polar surface area (TPSA) is 105 Å². The Morgan fingerprint density at radius 2 is 1.84 bits per heavy atom. The Morgan fingerprint density at radius 1 is 1.05 bits per heavy atom. The first-order chi connectivity index (χ1) is 18.4. The summed E-state index contributed by atoms with van der Waals surface area (Å²) in [6.07, 6.45) is 4.90. The number of rotatable bonds is 7. The number of hydrogen-bond donors (Lipinski definition) is 1. The Bertz CT molecular complexity index is 1580. The maximum absolute atomic E-state index is 13.2. The van der Waals surface area contributed by atoms with Crippen molar-refractivity contribution in [2.24, 2.45) is 0 Å². The number of ether oxygens (including phenoxy) is 1. The summed E-state index contributed by atoms with van der Waals surface area (Å²) in [6.45, 7) is 3.23. The lowest BCUT2D eigenvalue weighted by atomic mass is 10.1. The molecule has 1 aliphatic heterocycles. The van der Waals surface area contributed by atoms with Crippen molar-refractivity contribution in [1.82, 2.24) is 19.8 Å². The highest BCUT2D eigenvalue weighted by Gasteiger charge is 2.25. The van der Waals surface area contributed by atoms with E-state index in [2.05, 4.69) is 19.6 Å². The van der Waals surface area contributed by atoms with Crippen LogP contribution in [0.1, 0.15) is 15.9 Å². The van der Waals surface area contributed by atoms with Gasteiger partial charge in [-0.3, -0.25) is 24.4 Å². The summed E-state index contributed by atoms with van der Waals surface area (Å²) < 4.78 is 34.5. The first kappa shape index (κ1) is 25.9. The number of carbonyl (C=O) groups is 1. The number of anilines is 1. The molecule has 1 N–H and O–H groups in total. The molecule has 11 heteroatoms. The van der Waals surface area contributed by atoms with Crippen LogP contribution in [0, 0.1) is 0 Å². The van der Waals surface area contributed by atoms with E-state index in [-0.39, 0.29) is 22.2 Å². The van der Waals surface area contributed by atoms with E-state index in [1.165, 1.54) is 13.2 Å². The van der Waals surface area contributed by atoms with Gasteiger partial charge in [-0.15, -0.1) is 0 Å². The molecule has 2 aromatic heterocycles. The third-order valence-electron chi connectivity index (χ3n) is 6.49. The van der Waals surface area contributed by atoms with Crippen LogP contribution < -0.4 is 9.46 Å². The summed E-state index contributed by atoms with van der Waals surface area (Å²) in [5.41, 5.74) is 2.03. The summed E-state index contributed by atoms with van der Waals surface area (Å²) in [6, 6.07) is 15.1. The molecular weight excluding hydrogens is 526 g/mol. The fourth-order valence-electron chi connectivity index (χ4n) is 4.47. The number of nitrogens with zero attached hydrogens (tertiary/aromatic N) is 4. The number of fused-ring (bicyclic) bond motifs is 1. The molecule has 1 amide bonds. The van der Waals surface area contributed by atoms with E-state index in [1.807, 2.05) is 6.07 Å². The smallest absolute Gasteiger partial charge is 0.264 e. The van der Waals surface area contributed by atoms with Crippen molar-refractivity contribution in [3.63, 3.8) is 0 Å². The quantitative estimate of drug-likeness (QED) is 0.369. The minimum absolute atomic E-state index is 0.0590. The van der Waals surface area contributed by atoms with Crippen LogP contribution in [0.2, 0.25) is 5.02 Å². The van der Waals surface area contributed by atoms with E-state index < -0.39 is 10.0 Å². The first-order valence-corrected chi connectivity index (χ1v) is 13.9. The number of para-hydroxylation sites is 1. The van der Waals surface area contributed by atoms with E-state index in [4.69, 9.17) is 16.3 Å². The van der Waals surface area contributed by atoms with E-state index in [0.29, 0.717) is 54.2 Å². The van der Waals surface area contributed by atoms with Gasteiger partial charge in [0.15, 0.2) is 0 Å². The summed E-state index contributed by atoms with van der Waals surface area (Å²) >= 11 is 6.23. The van der Waals surface area contributed by atoms with Gasteiger partial charge in [-0.1, -0.05) is 29.8 Å². The number of amides is 1. The normalized spacial score (nSPS) is 14.4. The number of aromatic nitrogens is 2. The molecule has 5 rings (SSSR count). The van der Waals surface area contributed by atoms with Gasteiger partial charge in [0.2, 0.25) is 0 Å². The molecule has 0 radical (unpaired) electrons. The number of halogens is 1. The van der Waals surface area contributed by atoms with Gasteiger partial charge in [-0.2, -0.15) is 0 Å². The summed E-state index contributed by atoms with van der Waals surface area (Å²) in [7, 11) is -2.53. The number of nitrogens with one attached hydrogen (secondary N) is 1. The van der Waals surface area contributed by atoms with Gasteiger partial charge in [0, 0.05) is 62.3 Å². The summed E-state index contributed by atoms with van der Waals surface area (Å²) in [4.78, 5) is 25.6. The first-order valence-electron chi connectivity index (χ1n) is 12.0. The van der Waals surface area contributed by atoms with Crippen molar-refractivity contribution in [3.05, 3.63) is 89.3 Å². The maximum atomic E-state index is 13.2. The van der Waals surface area contributed by atoms with E-state index >= 15 is 0 Å². The van der Waals surface area contributed by atoms with E-state index in [1.54, 1.807) is 66.0 Å². The van der Waals surface area contributed by atoms with Crippen LogP contribution in [0.3, 0.4) is 0 Å². The van der Waals surface area contributed by atoms with Crippen molar-refractivity contribution in [2.45, 2.75) is 11.4 Å². The molecule has 0 spiro atoms. The minimum Gasteiger partial charge on any atom is -0.495 e. The van der Waals surface area contributed by atoms with Crippen LogP contribution in [0.4, 0.5) is 5.69 Å². The van der Waals surface area contributed by atoms with Crippen LogP contribution in [0.25, 0.3) is 10.9 Å². The second kappa shape index (κ2) is 10.9. The summed E-state index contributed by atoms with van der Waals surface area (Å²) in [5.74, 6) is 0.108. The molecule has 196 valence electrons. The SMILES string of the molecule is COc1cc(C(=O)N2CCN(Cc3ccncc3Cl)CC2)ccc1NS(=O)(=O)c1cccc2cccnc12. The van der Waals surface area contributed by atoms with Gasteiger partial charge >= 0.3 is 0 Å². The van der Waals surface area contributed by atoms with Crippen molar-refractivity contribution in [3.8, 4) is 5.75 Å². The van der Waals surface area contributed by atoms with Crippen LogP contribution in [0.15, 0.2) is 78.1 Å². The largest absolute Gasteiger partial charge is 0.495 e. The second-order valence-corrected chi connectivity index (χ2v) is 10.9. The predicted octanol–water partition coefficient (Wildman–Crippen LogP) is 4.05. The van der Waals surface area contributed by atoms with Gasteiger partial charge in [0.1, 0.15) is 10.6 Å². The van der Waals surface area contributed by atoms with Crippen molar-refractivity contribution in [2.75, 3.05) is 38.0 Å². The Balaban J connectivity index is 1.29. The van der Waals surface area contributed by atoms with Crippen LogP contribution >= 0.6 is 11.6 Å². The van der Waals surface area contributed by atoms with Crippen molar-refractivity contribution >= 4 is 44.1 Å². The molecule has 1 saturated heterocycles.